The van der Waals surface area contributed by atoms with Crippen LogP contribution in [-0.2, 0) is 17.8 Å². The molecule has 0 saturated carbocycles. The van der Waals surface area contributed by atoms with E-state index in [0.717, 1.165) is 6.20 Å². The van der Waals surface area contributed by atoms with Crippen LogP contribution in [-0.4, -0.2) is 16.1 Å². The molecule has 0 aromatic carbocycles. The van der Waals surface area contributed by atoms with Crippen molar-refractivity contribution in [1.29, 1.82) is 0 Å². The van der Waals surface area contributed by atoms with Gasteiger partial charge in [-0.1, -0.05) is 0 Å². The molecule has 0 fully saturated rings. The van der Waals surface area contributed by atoms with Gasteiger partial charge >= 0.3 is 5.97 Å². The zero-order chi connectivity index (χ0) is 12.3. The fourth-order valence-corrected chi connectivity index (χ4v) is 1.27. The van der Waals surface area contributed by atoms with Crippen molar-refractivity contribution in [3.8, 4) is 0 Å². The average molecular weight is 234 g/mol. The van der Waals surface area contributed by atoms with E-state index >= 15 is 0 Å². The Bertz CT molecular complexity index is 410. The number of carbonyl (C=O) groups is 1. The average Bonchev–Trinajstić information content (AvgIpc) is 2.16. The molecule has 1 heterocycles. The Kier molecular flexibility index (Phi) is 3.83. The third-order valence-corrected chi connectivity index (χ3v) is 1.99. The van der Waals surface area contributed by atoms with Gasteiger partial charge in [-0.25, -0.2) is 13.2 Å². The van der Waals surface area contributed by atoms with E-state index in [2.05, 4.69) is 4.98 Å². The molecule has 3 N–H and O–H groups in total. The zero-order valence-electron chi connectivity index (χ0n) is 8.08. The molecule has 1 aromatic heterocycles. The highest BCUT2D eigenvalue weighted by molar-refractivity contribution is 5.70. The van der Waals surface area contributed by atoms with E-state index in [0.29, 0.717) is 0 Å². The summed E-state index contributed by atoms with van der Waals surface area (Å²) in [6, 6.07) is 0. The highest BCUT2D eigenvalue weighted by Crippen LogP contribution is 2.24. The number of carboxylic acids is 1. The highest BCUT2D eigenvalue weighted by Gasteiger charge is 2.21. The molecule has 1 aromatic rings. The number of aliphatic carboxylic acids is 1. The smallest absolute Gasteiger partial charge is 0.307 e. The third-order valence-electron chi connectivity index (χ3n) is 1.99. The number of hydrogen-bond acceptors (Lipinski definition) is 3. The van der Waals surface area contributed by atoms with Gasteiger partial charge in [-0.2, -0.15) is 0 Å². The van der Waals surface area contributed by atoms with E-state index in [1.165, 1.54) is 0 Å². The summed E-state index contributed by atoms with van der Waals surface area (Å²) in [6.07, 6.45) is -2.63. The van der Waals surface area contributed by atoms with Crippen LogP contribution in [0.1, 0.15) is 23.2 Å². The predicted octanol–water partition coefficient (Wildman–Crippen LogP) is 1.24. The lowest BCUT2D eigenvalue weighted by atomic mass is 10.1. The fourth-order valence-electron chi connectivity index (χ4n) is 1.27. The molecule has 0 aliphatic heterocycles. The van der Waals surface area contributed by atoms with Gasteiger partial charge in [-0.3, -0.25) is 9.78 Å². The molecule has 0 spiro atoms. The summed E-state index contributed by atoms with van der Waals surface area (Å²) in [5.74, 6) is -2.43. The van der Waals surface area contributed by atoms with Crippen LogP contribution in [0, 0.1) is 5.82 Å². The summed E-state index contributed by atoms with van der Waals surface area (Å²) < 4.78 is 38.0. The van der Waals surface area contributed by atoms with E-state index in [1.54, 1.807) is 0 Å². The van der Waals surface area contributed by atoms with Crippen LogP contribution in [0.3, 0.4) is 0 Å². The standard InChI is InChI=1S/C9H9F3N2O2/c10-7-5(2-13)4(1-6(15)16)3-14-8(7)9(11)12/h3,9H,1-2,13H2,(H,15,16). The van der Waals surface area contributed by atoms with Gasteiger partial charge in [0.1, 0.15) is 5.69 Å². The van der Waals surface area contributed by atoms with Gasteiger partial charge in [-0.15, -0.1) is 0 Å². The molecule has 0 atom stereocenters. The van der Waals surface area contributed by atoms with E-state index < -0.39 is 30.3 Å². The van der Waals surface area contributed by atoms with E-state index in [-0.39, 0.29) is 17.7 Å². The van der Waals surface area contributed by atoms with Gasteiger partial charge in [-0.05, 0) is 5.56 Å². The summed E-state index contributed by atoms with van der Waals surface area (Å²) in [6.45, 7) is -0.351. The number of nitrogens with zero attached hydrogens (tertiary/aromatic N) is 1. The Labute approximate surface area is 88.9 Å². The van der Waals surface area contributed by atoms with Gasteiger partial charge in [0.15, 0.2) is 5.82 Å². The first kappa shape index (κ1) is 12.4. The Morgan fingerprint density at radius 2 is 2.19 bits per heavy atom. The van der Waals surface area contributed by atoms with Crippen molar-refractivity contribution >= 4 is 5.97 Å². The lowest BCUT2D eigenvalue weighted by Gasteiger charge is -2.09. The minimum Gasteiger partial charge on any atom is -0.481 e. The lowest BCUT2D eigenvalue weighted by Crippen LogP contribution is -2.12. The molecule has 4 nitrogen and oxygen atoms in total. The number of halogens is 3. The number of alkyl halides is 2. The highest BCUT2D eigenvalue weighted by atomic mass is 19.3. The zero-order valence-corrected chi connectivity index (χ0v) is 8.08. The van der Waals surface area contributed by atoms with Gasteiger partial charge in [0.05, 0.1) is 6.42 Å². The minimum atomic E-state index is -3.05. The second-order valence-corrected chi connectivity index (χ2v) is 3.04. The van der Waals surface area contributed by atoms with E-state index in [1.807, 2.05) is 0 Å². The second-order valence-electron chi connectivity index (χ2n) is 3.04. The number of rotatable bonds is 4. The Morgan fingerprint density at radius 1 is 1.56 bits per heavy atom. The SMILES string of the molecule is NCc1c(CC(=O)O)cnc(C(F)F)c1F. The number of aromatic nitrogens is 1. The largest absolute Gasteiger partial charge is 0.481 e. The first-order valence-electron chi connectivity index (χ1n) is 4.33. The Morgan fingerprint density at radius 3 is 2.62 bits per heavy atom. The van der Waals surface area contributed by atoms with Crippen molar-refractivity contribution in [1.82, 2.24) is 4.98 Å². The number of nitrogens with two attached hydrogens (primary N) is 1. The normalized spacial score (nSPS) is 10.8. The van der Waals surface area contributed by atoms with Crippen LogP contribution >= 0.6 is 0 Å². The summed E-state index contributed by atoms with van der Waals surface area (Å²) >= 11 is 0. The number of carboxylic acid groups (broad SMARTS) is 1. The Balaban J connectivity index is 3.23. The molecule has 1 rings (SSSR count). The van der Waals surface area contributed by atoms with Crippen molar-refractivity contribution in [3.05, 3.63) is 28.8 Å². The first-order chi connectivity index (χ1) is 7.47. The molecule has 7 heteroatoms. The molecule has 0 bridgehead atoms. The topological polar surface area (TPSA) is 76.2 Å². The second kappa shape index (κ2) is 4.93. The van der Waals surface area contributed by atoms with Crippen LogP contribution in [0.15, 0.2) is 6.20 Å². The molecule has 0 amide bonds. The fraction of sp³-hybridized carbons (Fsp3) is 0.333. The van der Waals surface area contributed by atoms with Crippen molar-refractivity contribution < 1.29 is 23.1 Å². The monoisotopic (exact) mass is 234 g/mol. The molecule has 88 valence electrons. The molecule has 0 saturated heterocycles. The van der Waals surface area contributed by atoms with Gasteiger partial charge in [0.2, 0.25) is 0 Å². The van der Waals surface area contributed by atoms with Crippen LogP contribution in [0.2, 0.25) is 0 Å². The lowest BCUT2D eigenvalue weighted by molar-refractivity contribution is -0.136. The van der Waals surface area contributed by atoms with Gasteiger partial charge in [0, 0.05) is 18.3 Å². The van der Waals surface area contributed by atoms with Crippen molar-refractivity contribution in [2.45, 2.75) is 19.4 Å². The summed E-state index contributed by atoms with van der Waals surface area (Å²) in [7, 11) is 0. The van der Waals surface area contributed by atoms with Crippen LogP contribution < -0.4 is 5.73 Å². The molecular weight excluding hydrogens is 225 g/mol. The molecule has 0 radical (unpaired) electrons. The summed E-state index contributed by atoms with van der Waals surface area (Å²) in [5, 5.41) is 8.52. The first-order valence-corrected chi connectivity index (χ1v) is 4.33. The summed E-state index contributed by atoms with van der Waals surface area (Å²) in [4.78, 5) is 13.6. The van der Waals surface area contributed by atoms with Crippen molar-refractivity contribution in [2.75, 3.05) is 0 Å². The molecular formula is C9H9F3N2O2. The third kappa shape index (κ3) is 2.48. The maximum Gasteiger partial charge on any atom is 0.307 e. The van der Waals surface area contributed by atoms with Crippen molar-refractivity contribution in [3.63, 3.8) is 0 Å². The van der Waals surface area contributed by atoms with E-state index in [9.17, 15) is 18.0 Å². The van der Waals surface area contributed by atoms with Crippen LogP contribution in [0.4, 0.5) is 13.2 Å². The maximum atomic E-state index is 13.4. The van der Waals surface area contributed by atoms with Gasteiger partial charge in [0.25, 0.3) is 6.43 Å². The van der Waals surface area contributed by atoms with Crippen LogP contribution in [0.25, 0.3) is 0 Å². The van der Waals surface area contributed by atoms with Crippen LogP contribution in [0.5, 0.6) is 0 Å². The minimum absolute atomic E-state index is 0.0110. The molecule has 0 aliphatic carbocycles. The van der Waals surface area contributed by atoms with Gasteiger partial charge < -0.3 is 10.8 Å². The summed E-state index contributed by atoms with van der Waals surface area (Å²) in [5.41, 5.74) is 3.97. The van der Waals surface area contributed by atoms with E-state index in [4.69, 9.17) is 10.8 Å². The molecule has 0 aliphatic rings. The number of hydrogen-bond donors (Lipinski definition) is 2. The Hall–Kier alpha value is -1.63. The van der Waals surface area contributed by atoms with Crippen molar-refractivity contribution in [2.24, 2.45) is 5.73 Å². The quantitative estimate of drug-likeness (QED) is 0.821. The maximum absolute atomic E-state index is 13.4. The predicted molar refractivity (Wildman–Crippen MR) is 48.4 cm³/mol. The number of pyridine rings is 1. The molecule has 16 heavy (non-hydrogen) atoms. The molecule has 0 unspecified atom stereocenters.